The van der Waals surface area contributed by atoms with Crippen LogP contribution in [-0.2, 0) is 11.2 Å². The van der Waals surface area contributed by atoms with E-state index in [4.69, 9.17) is 0 Å². The van der Waals surface area contributed by atoms with E-state index in [9.17, 15) is 4.79 Å². The predicted molar refractivity (Wildman–Crippen MR) is 86.4 cm³/mol. The summed E-state index contributed by atoms with van der Waals surface area (Å²) in [6.45, 7) is 2.02. The second kappa shape index (κ2) is 5.69. The summed E-state index contributed by atoms with van der Waals surface area (Å²) in [6, 6.07) is 11.5. The Bertz CT molecular complexity index is 810. The highest BCUT2D eigenvalue weighted by Gasteiger charge is 2.09. The summed E-state index contributed by atoms with van der Waals surface area (Å²) >= 11 is 3.41. The number of anilines is 1. The van der Waals surface area contributed by atoms with Gasteiger partial charge in [-0.15, -0.1) is 0 Å². The third kappa shape index (κ3) is 3.13. The van der Waals surface area contributed by atoms with E-state index in [1.165, 1.54) is 0 Å². The lowest BCUT2D eigenvalue weighted by molar-refractivity contribution is -0.115. The normalized spacial score (nSPS) is 10.8. The summed E-state index contributed by atoms with van der Waals surface area (Å²) < 4.78 is 2.79. The first-order valence-corrected chi connectivity index (χ1v) is 7.40. The fourth-order valence-corrected chi connectivity index (χ4v) is 2.53. The van der Waals surface area contributed by atoms with Crippen molar-refractivity contribution in [3.8, 4) is 0 Å². The molecule has 3 aromatic rings. The highest BCUT2D eigenvalue weighted by Crippen LogP contribution is 2.21. The molecule has 2 heterocycles. The van der Waals surface area contributed by atoms with Gasteiger partial charge in [0.25, 0.3) is 0 Å². The van der Waals surface area contributed by atoms with Crippen molar-refractivity contribution in [3.05, 3.63) is 64.5 Å². The maximum Gasteiger partial charge on any atom is 0.230 e. The van der Waals surface area contributed by atoms with Gasteiger partial charge < -0.3 is 9.72 Å². The lowest BCUT2D eigenvalue weighted by Gasteiger charge is -2.05. The average Bonchev–Trinajstić information content (AvgIpc) is 2.82. The number of para-hydroxylation sites is 1. The molecule has 106 valence electrons. The number of pyridine rings is 1. The zero-order valence-corrected chi connectivity index (χ0v) is 13.1. The Morgan fingerprint density at radius 1 is 1.33 bits per heavy atom. The van der Waals surface area contributed by atoms with E-state index in [-0.39, 0.29) is 12.3 Å². The standard InChI is InChI=1S/C16H14BrN3O/c1-11-6-7-20-10-12(18-15(20)8-11)9-16(21)19-14-5-3-2-4-13(14)17/h2-8,10H,9H2,1H3,(H,19,21). The second-order valence-corrected chi connectivity index (χ2v) is 5.76. The molecule has 0 atom stereocenters. The third-order valence-corrected chi connectivity index (χ3v) is 3.85. The van der Waals surface area contributed by atoms with Crippen molar-refractivity contribution >= 4 is 33.2 Å². The number of hydrogen-bond donors (Lipinski definition) is 1. The number of carbonyl (C=O) groups is 1. The van der Waals surface area contributed by atoms with Crippen LogP contribution in [0.1, 0.15) is 11.3 Å². The van der Waals surface area contributed by atoms with E-state index < -0.39 is 0 Å². The molecule has 1 amide bonds. The Hall–Kier alpha value is -2.14. The minimum atomic E-state index is -0.0815. The summed E-state index contributed by atoms with van der Waals surface area (Å²) in [4.78, 5) is 16.6. The van der Waals surface area contributed by atoms with Crippen LogP contribution in [0, 0.1) is 6.92 Å². The number of aryl methyl sites for hydroxylation is 1. The SMILES string of the molecule is Cc1ccn2cc(CC(=O)Nc3ccccc3Br)nc2c1. The van der Waals surface area contributed by atoms with Crippen LogP contribution in [0.2, 0.25) is 0 Å². The van der Waals surface area contributed by atoms with Crippen LogP contribution < -0.4 is 5.32 Å². The number of nitrogens with zero attached hydrogens (tertiary/aromatic N) is 2. The molecule has 0 aliphatic rings. The molecule has 3 rings (SSSR count). The molecular formula is C16H14BrN3O. The van der Waals surface area contributed by atoms with Crippen molar-refractivity contribution in [2.24, 2.45) is 0 Å². The van der Waals surface area contributed by atoms with Gasteiger partial charge in [-0.05, 0) is 52.7 Å². The second-order valence-electron chi connectivity index (χ2n) is 4.91. The van der Waals surface area contributed by atoms with Crippen LogP contribution >= 0.6 is 15.9 Å². The van der Waals surface area contributed by atoms with E-state index in [0.29, 0.717) is 0 Å². The lowest BCUT2D eigenvalue weighted by Crippen LogP contribution is -2.14. The third-order valence-electron chi connectivity index (χ3n) is 3.16. The van der Waals surface area contributed by atoms with E-state index in [1.54, 1.807) is 0 Å². The molecule has 0 aliphatic carbocycles. The molecule has 1 N–H and O–H groups in total. The number of amides is 1. The fraction of sp³-hybridized carbons (Fsp3) is 0.125. The zero-order valence-electron chi connectivity index (χ0n) is 11.5. The molecule has 0 spiro atoms. The van der Waals surface area contributed by atoms with Crippen molar-refractivity contribution in [2.75, 3.05) is 5.32 Å². The Kier molecular flexibility index (Phi) is 3.75. The van der Waals surface area contributed by atoms with E-state index in [1.807, 2.05) is 60.1 Å². The molecule has 21 heavy (non-hydrogen) atoms. The van der Waals surface area contributed by atoms with E-state index in [0.717, 1.165) is 27.1 Å². The quantitative estimate of drug-likeness (QED) is 0.789. The van der Waals surface area contributed by atoms with E-state index in [2.05, 4.69) is 26.2 Å². The number of nitrogens with one attached hydrogen (secondary N) is 1. The molecule has 0 saturated carbocycles. The van der Waals surface area contributed by atoms with E-state index >= 15 is 0 Å². The number of aromatic nitrogens is 2. The Morgan fingerprint density at radius 2 is 2.14 bits per heavy atom. The summed E-state index contributed by atoms with van der Waals surface area (Å²) in [5.74, 6) is -0.0815. The summed E-state index contributed by atoms with van der Waals surface area (Å²) in [6.07, 6.45) is 4.09. The minimum absolute atomic E-state index is 0.0815. The van der Waals surface area contributed by atoms with Crippen LogP contribution in [-0.4, -0.2) is 15.3 Å². The molecule has 0 radical (unpaired) electrons. The first-order chi connectivity index (χ1) is 10.1. The Balaban J connectivity index is 1.75. The van der Waals surface area contributed by atoms with Crippen LogP contribution in [0.5, 0.6) is 0 Å². The van der Waals surface area contributed by atoms with Gasteiger partial charge in [-0.3, -0.25) is 4.79 Å². The van der Waals surface area contributed by atoms with Crippen molar-refractivity contribution in [2.45, 2.75) is 13.3 Å². The van der Waals surface area contributed by atoms with Crippen LogP contribution in [0.25, 0.3) is 5.65 Å². The lowest BCUT2D eigenvalue weighted by atomic mass is 10.3. The maximum atomic E-state index is 12.1. The zero-order chi connectivity index (χ0) is 14.8. The number of carbonyl (C=O) groups excluding carboxylic acids is 1. The maximum absolute atomic E-state index is 12.1. The number of hydrogen-bond acceptors (Lipinski definition) is 2. The summed E-state index contributed by atoms with van der Waals surface area (Å²) in [5.41, 5.74) is 3.53. The monoisotopic (exact) mass is 343 g/mol. The van der Waals surface area contributed by atoms with Crippen LogP contribution in [0.15, 0.2) is 53.3 Å². The Labute approximate surface area is 131 Å². The predicted octanol–water partition coefficient (Wildman–Crippen LogP) is 3.59. The molecule has 0 fully saturated rings. The number of halogens is 1. The van der Waals surface area contributed by atoms with Crippen LogP contribution in [0.4, 0.5) is 5.69 Å². The molecular weight excluding hydrogens is 330 g/mol. The topological polar surface area (TPSA) is 46.4 Å². The number of imidazole rings is 1. The Morgan fingerprint density at radius 3 is 2.95 bits per heavy atom. The average molecular weight is 344 g/mol. The number of fused-ring (bicyclic) bond motifs is 1. The fourth-order valence-electron chi connectivity index (χ4n) is 2.14. The smallest absolute Gasteiger partial charge is 0.230 e. The highest BCUT2D eigenvalue weighted by molar-refractivity contribution is 9.10. The van der Waals surface area contributed by atoms with Gasteiger partial charge in [0.15, 0.2) is 0 Å². The van der Waals surface area contributed by atoms with Gasteiger partial charge in [0, 0.05) is 16.9 Å². The van der Waals surface area contributed by atoms with Gasteiger partial charge in [-0.2, -0.15) is 0 Å². The molecule has 5 heteroatoms. The molecule has 0 aliphatic heterocycles. The van der Waals surface area contributed by atoms with Gasteiger partial charge in [0.05, 0.1) is 17.8 Å². The number of rotatable bonds is 3. The van der Waals surface area contributed by atoms with Crippen LogP contribution in [0.3, 0.4) is 0 Å². The summed E-state index contributed by atoms with van der Waals surface area (Å²) in [5, 5.41) is 2.88. The van der Waals surface area contributed by atoms with Crippen molar-refractivity contribution < 1.29 is 4.79 Å². The first-order valence-electron chi connectivity index (χ1n) is 6.60. The molecule has 2 aromatic heterocycles. The van der Waals surface area contributed by atoms with Gasteiger partial charge in [-0.25, -0.2) is 4.98 Å². The van der Waals surface area contributed by atoms with Gasteiger partial charge in [-0.1, -0.05) is 12.1 Å². The van der Waals surface area contributed by atoms with Crippen molar-refractivity contribution in [1.82, 2.24) is 9.38 Å². The van der Waals surface area contributed by atoms with Crippen molar-refractivity contribution in [1.29, 1.82) is 0 Å². The summed E-state index contributed by atoms with van der Waals surface area (Å²) in [7, 11) is 0. The molecule has 0 saturated heterocycles. The molecule has 0 bridgehead atoms. The van der Waals surface area contributed by atoms with Gasteiger partial charge in [0.2, 0.25) is 5.91 Å². The largest absolute Gasteiger partial charge is 0.325 e. The number of benzene rings is 1. The molecule has 4 nitrogen and oxygen atoms in total. The molecule has 0 unspecified atom stereocenters. The van der Waals surface area contributed by atoms with Gasteiger partial charge in [0.1, 0.15) is 5.65 Å². The minimum Gasteiger partial charge on any atom is -0.325 e. The van der Waals surface area contributed by atoms with Crippen molar-refractivity contribution in [3.63, 3.8) is 0 Å². The van der Waals surface area contributed by atoms with Gasteiger partial charge >= 0.3 is 0 Å². The first kappa shape index (κ1) is 13.8. The molecule has 1 aromatic carbocycles. The highest BCUT2D eigenvalue weighted by atomic mass is 79.9.